The molecule has 4 nitrogen and oxygen atoms in total. The fourth-order valence-corrected chi connectivity index (χ4v) is 2.41. The van der Waals surface area contributed by atoms with Gasteiger partial charge in [-0.3, -0.25) is 4.79 Å². The SMILES string of the molecule is C/C=C/CNC(=O)C(C)N.CC.CCCC1=C(NCC)CCCC1. The minimum absolute atomic E-state index is 0.113. The third-order valence-electron chi connectivity index (χ3n) is 3.57. The lowest BCUT2D eigenvalue weighted by atomic mass is 9.93. The van der Waals surface area contributed by atoms with Crippen molar-refractivity contribution >= 4 is 5.91 Å². The van der Waals surface area contributed by atoms with E-state index in [0.717, 1.165) is 6.54 Å². The van der Waals surface area contributed by atoms with Crippen LogP contribution in [0.2, 0.25) is 0 Å². The minimum atomic E-state index is -0.412. The molecule has 0 saturated heterocycles. The van der Waals surface area contributed by atoms with E-state index >= 15 is 0 Å². The summed E-state index contributed by atoms with van der Waals surface area (Å²) in [6, 6.07) is -0.412. The summed E-state index contributed by atoms with van der Waals surface area (Å²) in [6.07, 6.45) is 11.8. The Balaban J connectivity index is 0. The van der Waals surface area contributed by atoms with Crippen molar-refractivity contribution in [3.8, 4) is 0 Å². The molecule has 0 aromatic heterocycles. The van der Waals surface area contributed by atoms with Gasteiger partial charge in [-0.15, -0.1) is 0 Å². The predicted molar refractivity (Wildman–Crippen MR) is 107 cm³/mol. The van der Waals surface area contributed by atoms with Gasteiger partial charge in [-0.05, 0) is 52.9 Å². The zero-order chi connectivity index (χ0) is 18.8. The Hall–Kier alpha value is -1.29. The molecule has 0 heterocycles. The van der Waals surface area contributed by atoms with E-state index in [1.807, 2.05) is 32.9 Å². The van der Waals surface area contributed by atoms with Gasteiger partial charge in [0.25, 0.3) is 0 Å². The molecule has 1 aliphatic carbocycles. The van der Waals surface area contributed by atoms with Gasteiger partial charge in [0.05, 0.1) is 6.04 Å². The van der Waals surface area contributed by atoms with E-state index < -0.39 is 6.04 Å². The van der Waals surface area contributed by atoms with E-state index in [2.05, 4.69) is 24.5 Å². The molecule has 1 unspecified atom stereocenters. The second kappa shape index (κ2) is 18.1. The summed E-state index contributed by atoms with van der Waals surface area (Å²) in [5.74, 6) is -0.113. The van der Waals surface area contributed by atoms with Crippen LogP contribution in [0.3, 0.4) is 0 Å². The monoisotopic (exact) mass is 339 g/mol. The Morgan fingerprint density at radius 3 is 2.38 bits per heavy atom. The Bertz CT molecular complexity index is 342. The van der Waals surface area contributed by atoms with Gasteiger partial charge in [-0.25, -0.2) is 0 Å². The smallest absolute Gasteiger partial charge is 0.236 e. The van der Waals surface area contributed by atoms with Gasteiger partial charge in [-0.2, -0.15) is 0 Å². The molecule has 0 bridgehead atoms. The highest BCUT2D eigenvalue weighted by atomic mass is 16.2. The second-order valence-electron chi connectivity index (χ2n) is 5.67. The van der Waals surface area contributed by atoms with Crippen molar-refractivity contribution in [3.05, 3.63) is 23.4 Å². The maximum Gasteiger partial charge on any atom is 0.236 e. The highest BCUT2D eigenvalue weighted by Gasteiger charge is 2.10. The Kier molecular flexibility index (Phi) is 18.8. The standard InChI is InChI=1S/C11H21N.C7H14N2O.C2H6/c1-3-7-10-8-5-6-9-11(10)12-4-2;1-3-4-5-9-7(10)6(2)8;1-2/h12H,3-9H2,1-2H3;3-4,6H,5,8H2,1-2H3,(H,9,10);1-2H3/b;4-3+;. The van der Waals surface area contributed by atoms with E-state index in [1.54, 1.807) is 18.2 Å². The lowest BCUT2D eigenvalue weighted by Crippen LogP contribution is -2.38. The van der Waals surface area contributed by atoms with Gasteiger partial charge in [0.15, 0.2) is 0 Å². The maximum atomic E-state index is 10.7. The van der Waals surface area contributed by atoms with Crippen LogP contribution in [-0.4, -0.2) is 25.0 Å². The van der Waals surface area contributed by atoms with Crippen molar-refractivity contribution in [1.82, 2.24) is 10.6 Å². The summed E-state index contributed by atoms with van der Waals surface area (Å²) in [4.78, 5) is 10.7. The van der Waals surface area contributed by atoms with Gasteiger partial charge in [0.2, 0.25) is 5.91 Å². The number of carbonyl (C=O) groups excluding carboxylic acids is 1. The summed E-state index contributed by atoms with van der Waals surface area (Å²) in [7, 11) is 0. The van der Waals surface area contributed by atoms with Crippen molar-refractivity contribution in [1.29, 1.82) is 0 Å². The Morgan fingerprint density at radius 2 is 1.88 bits per heavy atom. The topological polar surface area (TPSA) is 67.2 Å². The van der Waals surface area contributed by atoms with E-state index in [9.17, 15) is 4.79 Å². The lowest BCUT2D eigenvalue weighted by Gasteiger charge is -2.20. The quantitative estimate of drug-likeness (QED) is 0.607. The van der Waals surface area contributed by atoms with Crippen LogP contribution in [0, 0.1) is 0 Å². The van der Waals surface area contributed by atoms with Crippen LogP contribution < -0.4 is 16.4 Å². The highest BCUT2D eigenvalue weighted by Crippen LogP contribution is 2.25. The molecule has 24 heavy (non-hydrogen) atoms. The van der Waals surface area contributed by atoms with Gasteiger partial charge < -0.3 is 16.4 Å². The normalized spacial score (nSPS) is 15.0. The minimum Gasteiger partial charge on any atom is -0.389 e. The van der Waals surface area contributed by atoms with Crippen LogP contribution >= 0.6 is 0 Å². The number of hydrogen-bond acceptors (Lipinski definition) is 3. The van der Waals surface area contributed by atoms with Crippen LogP contribution in [0.5, 0.6) is 0 Å². The summed E-state index contributed by atoms with van der Waals surface area (Å²) < 4.78 is 0. The van der Waals surface area contributed by atoms with E-state index in [4.69, 9.17) is 5.73 Å². The first-order valence-electron chi connectivity index (χ1n) is 9.65. The van der Waals surface area contributed by atoms with Crippen molar-refractivity contribution < 1.29 is 4.79 Å². The van der Waals surface area contributed by atoms with Crippen molar-refractivity contribution in [3.63, 3.8) is 0 Å². The number of hydrogen-bond donors (Lipinski definition) is 3. The number of carbonyl (C=O) groups is 1. The van der Waals surface area contributed by atoms with Crippen LogP contribution in [0.15, 0.2) is 23.4 Å². The van der Waals surface area contributed by atoms with E-state index in [-0.39, 0.29) is 5.91 Å². The summed E-state index contributed by atoms with van der Waals surface area (Å²) in [5.41, 5.74) is 8.54. The van der Waals surface area contributed by atoms with Crippen molar-refractivity contribution in [2.45, 2.75) is 86.1 Å². The molecule has 0 aromatic carbocycles. The molecular formula is C20H41N3O. The van der Waals surface area contributed by atoms with E-state index in [1.165, 1.54) is 38.5 Å². The molecule has 4 heteroatoms. The predicted octanol–water partition coefficient (Wildman–Crippen LogP) is 4.28. The lowest BCUT2D eigenvalue weighted by molar-refractivity contribution is -0.121. The van der Waals surface area contributed by atoms with Crippen LogP contribution in [0.1, 0.15) is 80.1 Å². The van der Waals surface area contributed by atoms with Gasteiger partial charge >= 0.3 is 0 Å². The zero-order valence-corrected chi connectivity index (χ0v) is 16.9. The zero-order valence-electron chi connectivity index (χ0n) is 16.9. The Labute approximate surface area is 150 Å². The number of nitrogens with one attached hydrogen (secondary N) is 2. The third kappa shape index (κ3) is 13.2. The van der Waals surface area contributed by atoms with E-state index in [0.29, 0.717) is 6.54 Å². The maximum absolute atomic E-state index is 10.7. The fraction of sp³-hybridized carbons (Fsp3) is 0.750. The molecular weight excluding hydrogens is 298 g/mol. The summed E-state index contributed by atoms with van der Waals surface area (Å²) in [5, 5.41) is 6.13. The number of amides is 1. The Morgan fingerprint density at radius 1 is 1.25 bits per heavy atom. The number of nitrogens with two attached hydrogens (primary N) is 1. The van der Waals surface area contributed by atoms with Crippen LogP contribution in [0.25, 0.3) is 0 Å². The molecule has 0 fully saturated rings. The first-order chi connectivity index (χ1) is 11.6. The van der Waals surface area contributed by atoms with Crippen LogP contribution in [0.4, 0.5) is 0 Å². The highest BCUT2D eigenvalue weighted by molar-refractivity contribution is 5.81. The average molecular weight is 340 g/mol. The fourth-order valence-electron chi connectivity index (χ4n) is 2.41. The molecule has 0 aromatic rings. The molecule has 0 spiro atoms. The number of rotatable bonds is 7. The van der Waals surface area contributed by atoms with Crippen molar-refractivity contribution in [2.75, 3.05) is 13.1 Å². The van der Waals surface area contributed by atoms with Crippen LogP contribution in [-0.2, 0) is 4.79 Å². The second-order valence-corrected chi connectivity index (χ2v) is 5.67. The van der Waals surface area contributed by atoms with Gasteiger partial charge in [-0.1, -0.05) is 44.9 Å². The molecule has 0 saturated carbocycles. The molecule has 0 radical (unpaired) electrons. The van der Waals surface area contributed by atoms with Crippen molar-refractivity contribution in [2.24, 2.45) is 5.73 Å². The first-order valence-corrected chi connectivity index (χ1v) is 9.65. The summed E-state index contributed by atoms with van der Waals surface area (Å²) >= 11 is 0. The largest absolute Gasteiger partial charge is 0.389 e. The molecule has 1 aliphatic rings. The first kappa shape index (κ1) is 25.0. The summed E-state index contributed by atoms with van der Waals surface area (Å²) in [6.45, 7) is 13.7. The average Bonchev–Trinajstić information content (AvgIpc) is 2.59. The molecule has 1 atom stereocenters. The molecule has 1 amide bonds. The molecule has 4 N–H and O–H groups in total. The molecule has 142 valence electrons. The molecule has 0 aliphatic heterocycles. The van der Waals surface area contributed by atoms with Gasteiger partial charge in [0.1, 0.15) is 0 Å². The van der Waals surface area contributed by atoms with Gasteiger partial charge in [0, 0.05) is 18.8 Å². The number of allylic oxidation sites excluding steroid dienone is 3. The third-order valence-corrected chi connectivity index (χ3v) is 3.57. The molecule has 1 rings (SSSR count).